The Morgan fingerprint density at radius 2 is 1.19 bits per heavy atom. The van der Waals surface area contributed by atoms with E-state index >= 15 is 0 Å². The monoisotopic (exact) mass is 365 g/mol. The van der Waals surface area contributed by atoms with Gasteiger partial charge in [0.15, 0.2) is 0 Å². The Bertz CT molecular complexity index is 1690. The summed E-state index contributed by atoms with van der Waals surface area (Å²) in [5.41, 5.74) is 5.21. The molecule has 0 fully saturated rings. The second kappa shape index (κ2) is 4.54. The van der Waals surface area contributed by atoms with Gasteiger partial charge in [0, 0.05) is 21.5 Å². The lowest BCUT2D eigenvalue weighted by Gasteiger charge is -2.02. The first-order chi connectivity index (χ1) is 13.3. The average Bonchev–Trinajstić information content (AvgIpc) is 3.20. The molecule has 2 nitrogen and oxygen atoms in total. The van der Waals surface area contributed by atoms with Crippen molar-refractivity contribution in [3.63, 3.8) is 0 Å². The molecule has 0 saturated carbocycles. The Morgan fingerprint density at radius 3 is 2.04 bits per heavy atom. The fraction of sp³-hybridized carbons (Fsp3) is 0. The molecule has 0 unspecified atom stereocenters. The Balaban J connectivity index is 2.07. The van der Waals surface area contributed by atoms with Crippen molar-refractivity contribution in [1.29, 1.82) is 0 Å². The van der Waals surface area contributed by atoms with E-state index in [1.54, 1.807) is 0 Å². The molecule has 7 aromatic rings. The summed E-state index contributed by atoms with van der Waals surface area (Å²) >= 11 is 6.72. The molecule has 0 atom stereocenters. The molecule has 0 radical (unpaired) electrons. The Hall–Kier alpha value is -3.23. The van der Waals surface area contributed by atoms with E-state index in [2.05, 4.69) is 59.0 Å². The lowest BCUT2D eigenvalue weighted by Crippen LogP contribution is -1.85. The summed E-state index contributed by atoms with van der Waals surface area (Å²) in [6.45, 7) is 0. The molecule has 126 valence electrons. The lowest BCUT2D eigenvalue weighted by atomic mass is 10.0. The number of aromatic nitrogens is 1. The van der Waals surface area contributed by atoms with E-state index in [-0.39, 0.29) is 0 Å². The summed E-state index contributed by atoms with van der Waals surface area (Å²) in [5, 5.41) is 7.91. The molecule has 0 amide bonds. The van der Waals surface area contributed by atoms with Crippen LogP contribution in [0.3, 0.4) is 0 Å². The van der Waals surface area contributed by atoms with Crippen LogP contribution in [0.4, 0.5) is 0 Å². The number of benzene rings is 4. The molecular weight excluding hydrogens is 354 g/mol. The number of furan rings is 1. The van der Waals surface area contributed by atoms with Crippen LogP contribution >= 0.6 is 11.6 Å². The predicted octanol–water partition coefficient (Wildman–Crippen LogP) is 7.39. The van der Waals surface area contributed by atoms with Gasteiger partial charge >= 0.3 is 0 Å². The van der Waals surface area contributed by atoms with Crippen LogP contribution in [0.15, 0.2) is 77.2 Å². The van der Waals surface area contributed by atoms with Crippen LogP contribution in [0, 0.1) is 0 Å². The summed E-state index contributed by atoms with van der Waals surface area (Å²) in [6.07, 6.45) is 0. The first kappa shape index (κ1) is 13.9. The van der Waals surface area contributed by atoms with Crippen molar-refractivity contribution in [2.45, 2.75) is 0 Å². The Kier molecular flexibility index (Phi) is 2.34. The molecule has 3 heteroatoms. The minimum atomic E-state index is 0.761. The third-order valence-corrected chi connectivity index (χ3v) is 6.10. The summed E-state index contributed by atoms with van der Waals surface area (Å²) in [6, 6.07) is 25.3. The highest BCUT2D eigenvalue weighted by atomic mass is 35.5. The molecule has 4 aromatic carbocycles. The van der Waals surface area contributed by atoms with Gasteiger partial charge in [0.1, 0.15) is 11.2 Å². The van der Waals surface area contributed by atoms with Gasteiger partial charge in [0.05, 0.1) is 27.0 Å². The fourth-order valence-corrected chi connectivity index (χ4v) is 5.05. The van der Waals surface area contributed by atoms with Gasteiger partial charge in [-0.15, -0.1) is 0 Å². The summed E-state index contributed by atoms with van der Waals surface area (Å²) in [7, 11) is 0. The van der Waals surface area contributed by atoms with Gasteiger partial charge in [0.25, 0.3) is 0 Å². The summed E-state index contributed by atoms with van der Waals surface area (Å²) < 4.78 is 8.51. The number of fused-ring (bicyclic) bond motifs is 5. The molecule has 0 spiro atoms. The number of hydrogen-bond acceptors (Lipinski definition) is 1. The van der Waals surface area contributed by atoms with Crippen LogP contribution in [0.1, 0.15) is 0 Å². The molecule has 0 aliphatic rings. The van der Waals surface area contributed by atoms with Crippen molar-refractivity contribution in [3.8, 4) is 0 Å². The van der Waals surface area contributed by atoms with E-state index in [1.807, 2.05) is 18.2 Å². The molecule has 0 aliphatic heterocycles. The van der Waals surface area contributed by atoms with Gasteiger partial charge in [-0.1, -0.05) is 60.1 Å². The van der Waals surface area contributed by atoms with Crippen LogP contribution < -0.4 is 0 Å². The average molecular weight is 366 g/mol. The molecule has 27 heavy (non-hydrogen) atoms. The van der Waals surface area contributed by atoms with Crippen molar-refractivity contribution < 1.29 is 4.42 Å². The topological polar surface area (TPSA) is 17.6 Å². The van der Waals surface area contributed by atoms with Crippen LogP contribution in [0.5, 0.6) is 0 Å². The van der Waals surface area contributed by atoms with Crippen molar-refractivity contribution in [2.24, 2.45) is 0 Å². The van der Waals surface area contributed by atoms with Crippen molar-refractivity contribution >= 4 is 71.6 Å². The first-order valence-corrected chi connectivity index (χ1v) is 9.37. The maximum absolute atomic E-state index is 6.72. The maximum atomic E-state index is 6.72. The van der Waals surface area contributed by atoms with Crippen molar-refractivity contribution in [2.75, 3.05) is 0 Å². The van der Waals surface area contributed by atoms with E-state index < -0.39 is 0 Å². The van der Waals surface area contributed by atoms with Gasteiger partial charge in [-0.2, -0.15) is 0 Å². The lowest BCUT2D eigenvalue weighted by molar-refractivity contribution is 0.669. The molecule has 3 heterocycles. The third kappa shape index (κ3) is 1.51. The molecular formula is C24H12ClNO. The van der Waals surface area contributed by atoms with Crippen LogP contribution in [-0.4, -0.2) is 4.40 Å². The van der Waals surface area contributed by atoms with Gasteiger partial charge < -0.3 is 8.82 Å². The van der Waals surface area contributed by atoms with Gasteiger partial charge in [0.2, 0.25) is 0 Å². The smallest absolute Gasteiger partial charge is 0.137 e. The van der Waals surface area contributed by atoms with Gasteiger partial charge in [-0.3, -0.25) is 0 Å². The molecule has 0 aliphatic carbocycles. The van der Waals surface area contributed by atoms with Gasteiger partial charge in [-0.05, 0) is 29.7 Å². The van der Waals surface area contributed by atoms with E-state index in [0.717, 1.165) is 32.6 Å². The number of nitrogens with zero attached hydrogens (tertiary/aromatic N) is 1. The standard InChI is InChI=1S/C24H12ClNO/c25-17-9-2-8-16-15-7-1-6-14-13-5-3-11-19-21(13)22-18(10-4-12-20(22)27-19)26(23(14)15)24(16)17/h1-12H. The highest BCUT2D eigenvalue weighted by Gasteiger charge is 2.20. The maximum Gasteiger partial charge on any atom is 0.137 e. The van der Waals surface area contributed by atoms with Crippen LogP contribution in [0.25, 0.3) is 60.0 Å². The largest absolute Gasteiger partial charge is 0.456 e. The Labute approximate surface area is 158 Å². The predicted molar refractivity (Wildman–Crippen MR) is 113 cm³/mol. The molecule has 0 bridgehead atoms. The zero-order valence-corrected chi connectivity index (χ0v) is 14.9. The number of hydrogen-bond donors (Lipinski definition) is 0. The second-order valence-electron chi connectivity index (χ2n) is 7.10. The highest BCUT2D eigenvalue weighted by molar-refractivity contribution is 6.38. The van der Waals surface area contributed by atoms with Crippen molar-refractivity contribution in [1.82, 2.24) is 4.40 Å². The normalized spacial score (nSPS) is 12.6. The van der Waals surface area contributed by atoms with Crippen LogP contribution in [0.2, 0.25) is 5.02 Å². The summed E-state index contributed by atoms with van der Waals surface area (Å²) in [4.78, 5) is 0. The van der Waals surface area contributed by atoms with E-state index in [4.69, 9.17) is 16.0 Å². The SMILES string of the molecule is Clc1cccc2c3cccc4c5cccc6oc7cccc(c7c65)n(c12)c43. The molecule has 3 aromatic heterocycles. The zero-order chi connectivity index (χ0) is 17.7. The van der Waals surface area contributed by atoms with E-state index in [9.17, 15) is 0 Å². The quantitative estimate of drug-likeness (QED) is 0.274. The van der Waals surface area contributed by atoms with Crippen LogP contribution in [-0.2, 0) is 0 Å². The third-order valence-electron chi connectivity index (χ3n) is 5.79. The minimum Gasteiger partial charge on any atom is -0.456 e. The van der Waals surface area contributed by atoms with Gasteiger partial charge in [-0.25, -0.2) is 0 Å². The van der Waals surface area contributed by atoms with E-state index in [1.165, 1.54) is 32.4 Å². The molecule has 0 N–H and O–H groups in total. The fourth-order valence-electron chi connectivity index (χ4n) is 4.79. The number of rotatable bonds is 0. The summed E-state index contributed by atoms with van der Waals surface area (Å²) in [5.74, 6) is 0. The number of para-hydroxylation sites is 2. The highest BCUT2D eigenvalue weighted by Crippen LogP contribution is 2.43. The van der Waals surface area contributed by atoms with E-state index in [0.29, 0.717) is 0 Å². The minimum absolute atomic E-state index is 0.761. The molecule has 7 rings (SSSR count). The second-order valence-corrected chi connectivity index (χ2v) is 7.51. The number of halogens is 1. The zero-order valence-electron chi connectivity index (χ0n) is 14.2. The molecule has 0 saturated heterocycles. The van der Waals surface area contributed by atoms with Crippen molar-refractivity contribution in [3.05, 3.63) is 77.8 Å². The first-order valence-electron chi connectivity index (χ1n) is 8.99. The Morgan fingerprint density at radius 1 is 0.593 bits per heavy atom.